The number of aromatic nitrogens is 2. The van der Waals surface area contributed by atoms with Crippen LogP contribution in [0.4, 0.5) is 23.7 Å². The van der Waals surface area contributed by atoms with Crippen LogP contribution in [0.5, 0.6) is 0 Å². The number of carbonyl (C=O) groups excluding carboxylic acids is 1. The number of benzene rings is 2. The Morgan fingerprint density at radius 1 is 1.17 bits per heavy atom. The number of halogens is 3. The molecule has 0 spiro atoms. The third kappa shape index (κ3) is 6.00. The number of hydrogen-bond acceptors (Lipinski definition) is 4. The first-order valence-electron chi connectivity index (χ1n) is 11.4. The molecule has 0 saturated heterocycles. The molecular formula is C25H29F3N4O3. The number of nitrogens with zero attached hydrogens (tertiary/aromatic N) is 3. The van der Waals surface area contributed by atoms with Crippen molar-refractivity contribution in [1.82, 2.24) is 14.5 Å². The molecule has 10 heteroatoms. The molecule has 35 heavy (non-hydrogen) atoms. The molecular weight excluding hydrogens is 461 g/mol. The summed E-state index contributed by atoms with van der Waals surface area (Å²) >= 11 is 0. The maximum absolute atomic E-state index is 13.3. The molecule has 0 aliphatic rings. The first-order chi connectivity index (χ1) is 16.7. The van der Waals surface area contributed by atoms with Gasteiger partial charge in [-0.3, -0.25) is 9.36 Å². The van der Waals surface area contributed by atoms with Gasteiger partial charge in [0.05, 0.1) is 29.1 Å². The molecule has 1 atom stereocenters. The van der Waals surface area contributed by atoms with E-state index in [1.807, 2.05) is 13.8 Å². The summed E-state index contributed by atoms with van der Waals surface area (Å²) in [6.07, 6.45) is -3.43. The van der Waals surface area contributed by atoms with Crippen molar-refractivity contribution >= 4 is 22.6 Å². The van der Waals surface area contributed by atoms with E-state index in [1.165, 1.54) is 24.1 Å². The van der Waals surface area contributed by atoms with Gasteiger partial charge in [0.25, 0.3) is 5.56 Å². The number of rotatable bonds is 9. The largest absolute Gasteiger partial charge is 0.416 e. The highest BCUT2D eigenvalue weighted by Crippen LogP contribution is 2.31. The van der Waals surface area contributed by atoms with Gasteiger partial charge in [-0.1, -0.05) is 32.0 Å². The van der Waals surface area contributed by atoms with Crippen molar-refractivity contribution in [2.75, 3.05) is 25.6 Å². The van der Waals surface area contributed by atoms with Crippen molar-refractivity contribution < 1.29 is 22.7 Å². The summed E-state index contributed by atoms with van der Waals surface area (Å²) in [5.74, 6) is 0.424. The van der Waals surface area contributed by atoms with E-state index in [4.69, 9.17) is 9.72 Å². The van der Waals surface area contributed by atoms with E-state index >= 15 is 0 Å². The standard InChI is InChI=1S/C25H29F3N4O3/c1-4-13-32-22(30-20-12-7-6-11-19(20)23(32)33)21(5-2)31(14-15-35-3)24(34)29-18-10-8-9-17(16-18)25(26,27)28/h6-12,16,21H,4-5,13-15H2,1-3H3,(H,29,34). The molecule has 188 valence electrons. The molecule has 3 aromatic rings. The Balaban J connectivity index is 2.04. The molecule has 3 rings (SSSR count). The summed E-state index contributed by atoms with van der Waals surface area (Å²) < 4.78 is 46.2. The lowest BCUT2D eigenvalue weighted by Crippen LogP contribution is -2.42. The van der Waals surface area contributed by atoms with Crippen LogP contribution >= 0.6 is 0 Å². The van der Waals surface area contributed by atoms with Crippen LogP contribution in [0.25, 0.3) is 10.9 Å². The van der Waals surface area contributed by atoms with Gasteiger partial charge in [-0.2, -0.15) is 13.2 Å². The Morgan fingerprint density at radius 3 is 2.57 bits per heavy atom. The summed E-state index contributed by atoms with van der Waals surface area (Å²) in [7, 11) is 1.49. The molecule has 7 nitrogen and oxygen atoms in total. The van der Waals surface area contributed by atoms with Gasteiger partial charge in [0.2, 0.25) is 0 Å². The summed E-state index contributed by atoms with van der Waals surface area (Å²) in [5, 5.41) is 3.05. The predicted molar refractivity (Wildman–Crippen MR) is 128 cm³/mol. The molecule has 1 unspecified atom stereocenters. The quantitative estimate of drug-likeness (QED) is 0.432. The third-order valence-electron chi connectivity index (χ3n) is 5.64. The number of ether oxygens (including phenoxy) is 1. The second kappa shape index (κ2) is 11.4. The van der Waals surface area contributed by atoms with E-state index in [0.29, 0.717) is 36.1 Å². The van der Waals surface area contributed by atoms with E-state index in [-0.39, 0.29) is 24.4 Å². The Kier molecular flexibility index (Phi) is 8.50. The van der Waals surface area contributed by atoms with Crippen molar-refractivity contribution in [2.45, 2.75) is 45.5 Å². The Labute approximate surface area is 201 Å². The van der Waals surface area contributed by atoms with Gasteiger partial charge >= 0.3 is 12.2 Å². The normalized spacial score (nSPS) is 12.5. The summed E-state index contributed by atoms with van der Waals surface area (Å²) in [4.78, 5) is 32.8. The van der Waals surface area contributed by atoms with Gasteiger partial charge in [-0.15, -0.1) is 0 Å². The maximum Gasteiger partial charge on any atom is 0.416 e. The lowest BCUT2D eigenvalue weighted by atomic mass is 10.1. The van der Waals surface area contributed by atoms with E-state index in [9.17, 15) is 22.8 Å². The van der Waals surface area contributed by atoms with Crippen LogP contribution in [0.15, 0.2) is 53.3 Å². The molecule has 0 fully saturated rings. The van der Waals surface area contributed by atoms with Crippen LogP contribution in [-0.4, -0.2) is 40.7 Å². The fraction of sp³-hybridized carbons (Fsp3) is 0.400. The van der Waals surface area contributed by atoms with Gasteiger partial charge in [-0.05, 0) is 43.2 Å². The topological polar surface area (TPSA) is 76.5 Å². The molecule has 0 aliphatic heterocycles. The van der Waals surface area contributed by atoms with Crippen molar-refractivity contribution in [3.05, 3.63) is 70.3 Å². The maximum atomic E-state index is 13.3. The minimum absolute atomic E-state index is 0.0134. The molecule has 2 amide bonds. The van der Waals surface area contributed by atoms with Crippen molar-refractivity contribution in [3.63, 3.8) is 0 Å². The molecule has 0 bridgehead atoms. The van der Waals surface area contributed by atoms with Crippen LogP contribution in [0.3, 0.4) is 0 Å². The van der Waals surface area contributed by atoms with Gasteiger partial charge in [0, 0.05) is 25.9 Å². The van der Waals surface area contributed by atoms with E-state index in [2.05, 4.69) is 5.32 Å². The molecule has 0 saturated carbocycles. The number of urea groups is 1. The minimum atomic E-state index is -4.53. The predicted octanol–water partition coefficient (Wildman–Crippen LogP) is 5.46. The number of anilines is 1. The van der Waals surface area contributed by atoms with Crippen molar-refractivity contribution in [1.29, 1.82) is 0 Å². The molecule has 0 aliphatic carbocycles. The van der Waals surface area contributed by atoms with Crippen LogP contribution < -0.4 is 10.9 Å². The van der Waals surface area contributed by atoms with Gasteiger partial charge in [0.1, 0.15) is 5.82 Å². The number of nitrogens with one attached hydrogen (secondary N) is 1. The van der Waals surface area contributed by atoms with Crippen molar-refractivity contribution in [2.24, 2.45) is 0 Å². The lowest BCUT2D eigenvalue weighted by Gasteiger charge is -2.32. The van der Waals surface area contributed by atoms with E-state index < -0.39 is 23.8 Å². The molecule has 1 heterocycles. The average Bonchev–Trinajstić information content (AvgIpc) is 2.83. The Bertz CT molecular complexity index is 1230. The highest BCUT2D eigenvalue weighted by molar-refractivity contribution is 5.89. The summed E-state index contributed by atoms with van der Waals surface area (Å²) in [6.45, 7) is 4.55. The highest BCUT2D eigenvalue weighted by Gasteiger charge is 2.32. The minimum Gasteiger partial charge on any atom is -0.383 e. The number of carbonyl (C=O) groups is 1. The van der Waals surface area contributed by atoms with Crippen LogP contribution in [0, 0.1) is 0 Å². The van der Waals surface area contributed by atoms with Crippen LogP contribution in [0.1, 0.15) is 44.1 Å². The summed E-state index contributed by atoms with van der Waals surface area (Å²) in [6, 6.07) is 10.2. The monoisotopic (exact) mass is 490 g/mol. The fourth-order valence-corrected chi connectivity index (χ4v) is 3.98. The zero-order valence-corrected chi connectivity index (χ0v) is 19.9. The number of amides is 2. The number of hydrogen-bond donors (Lipinski definition) is 1. The number of fused-ring (bicyclic) bond motifs is 1. The highest BCUT2D eigenvalue weighted by atomic mass is 19.4. The SMILES string of the molecule is CCCn1c(C(CC)N(CCOC)C(=O)Nc2cccc(C(F)(F)F)c2)nc2ccccc2c1=O. The van der Waals surface area contributed by atoms with E-state index in [0.717, 1.165) is 12.1 Å². The Morgan fingerprint density at radius 2 is 1.91 bits per heavy atom. The first kappa shape index (κ1) is 26.2. The van der Waals surface area contributed by atoms with Crippen molar-refractivity contribution in [3.8, 4) is 0 Å². The number of para-hydroxylation sites is 1. The Hall–Kier alpha value is -3.40. The second-order valence-corrected chi connectivity index (χ2v) is 8.06. The average molecular weight is 491 g/mol. The third-order valence-corrected chi connectivity index (χ3v) is 5.64. The zero-order chi connectivity index (χ0) is 25.6. The number of methoxy groups -OCH3 is 1. The lowest BCUT2D eigenvalue weighted by molar-refractivity contribution is -0.137. The van der Waals surface area contributed by atoms with Crippen LogP contribution in [0.2, 0.25) is 0 Å². The molecule has 1 N–H and O–H groups in total. The first-order valence-corrected chi connectivity index (χ1v) is 11.4. The van der Waals surface area contributed by atoms with Gasteiger partial charge in [-0.25, -0.2) is 9.78 Å². The fourth-order valence-electron chi connectivity index (χ4n) is 3.98. The zero-order valence-electron chi connectivity index (χ0n) is 19.9. The smallest absolute Gasteiger partial charge is 0.383 e. The molecule has 2 aromatic carbocycles. The number of alkyl halides is 3. The van der Waals surface area contributed by atoms with Gasteiger partial charge in [0.15, 0.2) is 0 Å². The summed E-state index contributed by atoms with van der Waals surface area (Å²) in [5.41, 5.74) is -0.530. The van der Waals surface area contributed by atoms with E-state index in [1.54, 1.807) is 28.8 Å². The van der Waals surface area contributed by atoms with Crippen LogP contribution in [-0.2, 0) is 17.5 Å². The second-order valence-electron chi connectivity index (χ2n) is 8.06. The molecule has 0 radical (unpaired) electrons. The molecule has 1 aromatic heterocycles. The van der Waals surface area contributed by atoms with Gasteiger partial charge < -0.3 is 15.0 Å².